The van der Waals surface area contributed by atoms with E-state index in [1.54, 1.807) is 16.8 Å². The molecule has 0 atom stereocenters. The number of nitrogen functional groups attached to an aromatic ring is 1. The minimum Gasteiger partial charge on any atom is -0.382 e. The van der Waals surface area contributed by atoms with Gasteiger partial charge in [-0.15, -0.1) is 0 Å². The van der Waals surface area contributed by atoms with Crippen molar-refractivity contribution in [3.8, 4) is 0 Å². The number of nitrogens with zero attached hydrogens (tertiary/aromatic N) is 3. The maximum absolute atomic E-state index is 5.73. The fourth-order valence-corrected chi connectivity index (χ4v) is 1.35. The second-order valence-electron chi connectivity index (χ2n) is 2.58. The molecule has 12 heavy (non-hydrogen) atoms. The largest absolute Gasteiger partial charge is 0.382 e. The average molecular weight is 183 g/mol. The van der Waals surface area contributed by atoms with Gasteiger partial charge in [0.1, 0.15) is 11.0 Å². The van der Waals surface area contributed by atoms with Crippen molar-refractivity contribution >= 4 is 23.1 Å². The lowest BCUT2D eigenvalue weighted by molar-refractivity contribution is 0.928. The first kappa shape index (κ1) is 7.36. The van der Waals surface area contributed by atoms with Crippen LogP contribution in [0.3, 0.4) is 0 Å². The van der Waals surface area contributed by atoms with Gasteiger partial charge in [0, 0.05) is 0 Å². The van der Waals surface area contributed by atoms with Gasteiger partial charge in [-0.2, -0.15) is 5.10 Å². The van der Waals surface area contributed by atoms with Crippen LogP contribution in [0.15, 0.2) is 12.3 Å². The molecule has 0 spiro atoms. The van der Waals surface area contributed by atoms with Crippen LogP contribution in [0.5, 0.6) is 0 Å². The van der Waals surface area contributed by atoms with Crippen LogP contribution in [0.4, 0.5) is 5.82 Å². The van der Waals surface area contributed by atoms with Gasteiger partial charge in [0.15, 0.2) is 5.65 Å². The SMILES string of the molecule is Cc1cc(Cl)nn2cc(N)nc12. The molecule has 62 valence electrons. The molecule has 2 N–H and O–H groups in total. The molecule has 2 aromatic rings. The van der Waals surface area contributed by atoms with E-state index >= 15 is 0 Å². The second-order valence-corrected chi connectivity index (χ2v) is 2.97. The highest BCUT2D eigenvalue weighted by Gasteiger charge is 2.03. The molecule has 0 aliphatic carbocycles. The number of aromatic nitrogens is 3. The molecule has 0 amide bonds. The number of imidazole rings is 1. The highest BCUT2D eigenvalue weighted by molar-refractivity contribution is 6.29. The fraction of sp³-hybridized carbons (Fsp3) is 0.143. The molecule has 2 heterocycles. The Hall–Kier alpha value is -1.29. The number of nitrogens with two attached hydrogens (primary N) is 1. The number of anilines is 1. The van der Waals surface area contributed by atoms with Gasteiger partial charge in [-0.3, -0.25) is 0 Å². The van der Waals surface area contributed by atoms with Crippen molar-refractivity contribution in [3.63, 3.8) is 0 Å². The van der Waals surface area contributed by atoms with E-state index in [0.717, 1.165) is 11.2 Å². The topological polar surface area (TPSA) is 56.2 Å². The average Bonchev–Trinajstić information content (AvgIpc) is 2.29. The van der Waals surface area contributed by atoms with E-state index < -0.39 is 0 Å². The highest BCUT2D eigenvalue weighted by atomic mass is 35.5. The monoisotopic (exact) mass is 182 g/mol. The molecule has 0 saturated heterocycles. The summed E-state index contributed by atoms with van der Waals surface area (Å²) < 4.78 is 1.58. The quantitative estimate of drug-likeness (QED) is 0.668. The van der Waals surface area contributed by atoms with E-state index in [0.29, 0.717) is 11.0 Å². The van der Waals surface area contributed by atoms with Crippen LogP contribution in [-0.4, -0.2) is 14.6 Å². The van der Waals surface area contributed by atoms with E-state index in [1.165, 1.54) is 0 Å². The maximum atomic E-state index is 5.73. The van der Waals surface area contributed by atoms with E-state index in [-0.39, 0.29) is 0 Å². The van der Waals surface area contributed by atoms with Crippen LogP contribution in [0.25, 0.3) is 5.65 Å². The van der Waals surface area contributed by atoms with Crippen LogP contribution >= 0.6 is 11.6 Å². The lowest BCUT2D eigenvalue weighted by Gasteiger charge is -1.96. The molecule has 4 nitrogen and oxygen atoms in total. The van der Waals surface area contributed by atoms with Crippen LogP contribution in [0.1, 0.15) is 5.56 Å². The smallest absolute Gasteiger partial charge is 0.158 e. The third-order valence-electron chi connectivity index (χ3n) is 1.60. The molecule has 0 bridgehead atoms. The van der Waals surface area contributed by atoms with Gasteiger partial charge in [0.25, 0.3) is 0 Å². The standard InChI is InChI=1S/C7H7ClN4/c1-4-2-5(8)11-12-3-6(9)10-7(4)12/h2-3H,9H2,1H3. The first-order valence-electron chi connectivity index (χ1n) is 3.45. The molecule has 2 aromatic heterocycles. The minimum absolute atomic E-state index is 0.442. The molecule has 0 fully saturated rings. The Balaban J connectivity index is 2.88. The van der Waals surface area contributed by atoms with E-state index in [2.05, 4.69) is 10.1 Å². The Bertz CT molecular complexity index is 434. The number of hydrogen-bond acceptors (Lipinski definition) is 3. The molecular weight excluding hydrogens is 176 g/mol. The Morgan fingerprint density at radius 1 is 1.58 bits per heavy atom. The molecule has 0 unspecified atom stereocenters. The molecule has 0 aliphatic heterocycles. The molecular formula is C7H7ClN4. The summed E-state index contributed by atoms with van der Waals surface area (Å²) in [5.41, 5.74) is 7.21. The third-order valence-corrected chi connectivity index (χ3v) is 1.78. The van der Waals surface area contributed by atoms with Crippen molar-refractivity contribution in [3.05, 3.63) is 23.0 Å². The number of halogens is 1. The summed E-state index contributed by atoms with van der Waals surface area (Å²) in [6.45, 7) is 1.91. The van der Waals surface area contributed by atoms with Gasteiger partial charge in [-0.1, -0.05) is 11.6 Å². The summed E-state index contributed by atoms with van der Waals surface area (Å²) in [7, 11) is 0. The lowest BCUT2D eigenvalue weighted by atomic mass is 10.3. The van der Waals surface area contributed by atoms with E-state index in [1.807, 2.05) is 6.92 Å². The molecule has 0 aromatic carbocycles. The Morgan fingerprint density at radius 2 is 2.33 bits per heavy atom. The van der Waals surface area contributed by atoms with Crippen molar-refractivity contribution in [2.24, 2.45) is 0 Å². The highest BCUT2D eigenvalue weighted by Crippen LogP contribution is 2.13. The summed E-state index contributed by atoms with van der Waals surface area (Å²) >= 11 is 5.73. The Kier molecular flexibility index (Phi) is 1.44. The first-order chi connectivity index (χ1) is 5.66. The van der Waals surface area contributed by atoms with Gasteiger partial charge in [-0.05, 0) is 18.6 Å². The zero-order valence-corrected chi connectivity index (χ0v) is 7.21. The summed E-state index contributed by atoms with van der Waals surface area (Å²) in [5.74, 6) is 0.452. The van der Waals surface area contributed by atoms with Gasteiger partial charge >= 0.3 is 0 Å². The van der Waals surface area contributed by atoms with Crippen LogP contribution < -0.4 is 5.73 Å². The van der Waals surface area contributed by atoms with Crippen molar-refractivity contribution in [2.45, 2.75) is 6.92 Å². The number of hydrogen-bond donors (Lipinski definition) is 1. The number of aryl methyl sites for hydroxylation is 1. The van der Waals surface area contributed by atoms with Gasteiger partial charge in [-0.25, -0.2) is 9.50 Å². The summed E-state index contributed by atoms with van der Waals surface area (Å²) in [5, 5.41) is 4.44. The lowest BCUT2D eigenvalue weighted by Crippen LogP contribution is -1.92. The van der Waals surface area contributed by atoms with Crippen molar-refractivity contribution in [2.75, 3.05) is 5.73 Å². The molecule has 0 aliphatic rings. The Morgan fingerprint density at radius 3 is 3.08 bits per heavy atom. The summed E-state index contributed by atoms with van der Waals surface area (Å²) in [6, 6.07) is 1.75. The second kappa shape index (κ2) is 2.35. The molecule has 0 radical (unpaired) electrons. The first-order valence-corrected chi connectivity index (χ1v) is 3.82. The zero-order chi connectivity index (χ0) is 8.72. The van der Waals surface area contributed by atoms with E-state index in [9.17, 15) is 0 Å². The predicted molar refractivity (Wildman–Crippen MR) is 47.1 cm³/mol. The predicted octanol–water partition coefficient (Wildman–Crippen LogP) is 1.27. The van der Waals surface area contributed by atoms with Gasteiger partial charge in [0.2, 0.25) is 0 Å². The maximum Gasteiger partial charge on any atom is 0.158 e. The Labute approximate surface area is 74.0 Å². The number of fused-ring (bicyclic) bond motifs is 1. The van der Waals surface area contributed by atoms with Crippen molar-refractivity contribution in [1.82, 2.24) is 14.6 Å². The molecule has 2 rings (SSSR count). The molecule has 0 saturated carbocycles. The summed E-state index contributed by atoms with van der Waals surface area (Å²) in [4.78, 5) is 4.07. The van der Waals surface area contributed by atoms with Crippen molar-refractivity contribution in [1.29, 1.82) is 0 Å². The normalized spacial score (nSPS) is 10.8. The third kappa shape index (κ3) is 1.00. The number of rotatable bonds is 0. The van der Waals surface area contributed by atoms with E-state index in [4.69, 9.17) is 17.3 Å². The fourth-order valence-electron chi connectivity index (χ4n) is 1.11. The van der Waals surface area contributed by atoms with Crippen LogP contribution in [0.2, 0.25) is 5.15 Å². The van der Waals surface area contributed by atoms with Crippen LogP contribution in [0, 0.1) is 6.92 Å². The molecule has 5 heteroatoms. The minimum atomic E-state index is 0.442. The van der Waals surface area contributed by atoms with Gasteiger partial charge < -0.3 is 5.73 Å². The summed E-state index contributed by atoms with van der Waals surface area (Å²) in [6.07, 6.45) is 1.63. The zero-order valence-electron chi connectivity index (χ0n) is 6.45. The van der Waals surface area contributed by atoms with Crippen LogP contribution in [-0.2, 0) is 0 Å². The van der Waals surface area contributed by atoms with Gasteiger partial charge in [0.05, 0.1) is 6.20 Å². The van der Waals surface area contributed by atoms with Crippen molar-refractivity contribution < 1.29 is 0 Å².